The molecule has 3 nitrogen and oxygen atoms in total. The molecule has 4 rings (SSSR count). The van der Waals surface area contributed by atoms with E-state index in [0.717, 1.165) is 17.2 Å². The first-order chi connectivity index (χ1) is 14.0. The first kappa shape index (κ1) is 20.0. The second-order valence-electron chi connectivity index (χ2n) is 7.45. The molecule has 2 aromatic rings. The summed E-state index contributed by atoms with van der Waals surface area (Å²) >= 11 is 1.71. The van der Waals surface area contributed by atoms with Crippen LogP contribution in [-0.4, -0.2) is 22.7 Å². The Morgan fingerprint density at radius 2 is 1.76 bits per heavy atom. The molecular weight excluding hydrogens is 393 g/mol. The SMILES string of the molecule is Cc1ccc(SN(C)C2=C(Nc3ccc(C)cc3C)PC3C=CC=CC3=N2)cc1. The number of aliphatic imine (C=N–C) groups is 1. The van der Waals surface area contributed by atoms with Crippen LogP contribution in [0.25, 0.3) is 0 Å². The lowest BCUT2D eigenvalue weighted by Gasteiger charge is -2.30. The lowest BCUT2D eigenvalue weighted by molar-refractivity contribution is 0.684. The minimum Gasteiger partial charge on any atom is -0.352 e. The summed E-state index contributed by atoms with van der Waals surface area (Å²) in [6.45, 7) is 6.40. The molecule has 29 heavy (non-hydrogen) atoms. The van der Waals surface area contributed by atoms with Crippen LogP contribution in [0, 0.1) is 20.8 Å². The smallest absolute Gasteiger partial charge is 0.162 e. The van der Waals surface area contributed by atoms with Gasteiger partial charge in [0.25, 0.3) is 0 Å². The molecule has 0 amide bonds. The molecule has 2 aliphatic rings. The van der Waals surface area contributed by atoms with E-state index in [1.807, 2.05) is 0 Å². The number of nitrogens with one attached hydrogen (secondary N) is 1. The summed E-state index contributed by atoms with van der Waals surface area (Å²) in [5.41, 5.74) is 7.64. The van der Waals surface area contributed by atoms with Gasteiger partial charge in [-0.15, -0.1) is 0 Å². The third kappa shape index (κ3) is 4.66. The van der Waals surface area contributed by atoms with Gasteiger partial charge in [-0.3, -0.25) is 4.31 Å². The molecule has 1 aliphatic heterocycles. The van der Waals surface area contributed by atoms with Gasteiger partial charge in [0, 0.05) is 23.3 Å². The van der Waals surface area contributed by atoms with Crippen molar-refractivity contribution < 1.29 is 0 Å². The quantitative estimate of drug-likeness (QED) is 0.448. The fourth-order valence-electron chi connectivity index (χ4n) is 3.37. The zero-order chi connectivity index (χ0) is 20.4. The maximum atomic E-state index is 5.05. The fourth-order valence-corrected chi connectivity index (χ4v) is 5.63. The van der Waals surface area contributed by atoms with Gasteiger partial charge in [0.2, 0.25) is 0 Å². The van der Waals surface area contributed by atoms with Crippen molar-refractivity contribution in [2.45, 2.75) is 31.3 Å². The largest absolute Gasteiger partial charge is 0.352 e. The van der Waals surface area contributed by atoms with Crippen LogP contribution < -0.4 is 5.32 Å². The lowest BCUT2D eigenvalue weighted by atomic mass is 10.1. The van der Waals surface area contributed by atoms with Gasteiger partial charge >= 0.3 is 0 Å². The molecule has 0 radical (unpaired) electrons. The number of nitrogens with zero attached hydrogens (tertiary/aromatic N) is 2. The number of fused-ring (bicyclic) bond motifs is 1. The van der Waals surface area contributed by atoms with Crippen molar-refractivity contribution in [3.8, 4) is 0 Å². The number of allylic oxidation sites excluding steroid dienone is 4. The molecule has 1 aliphatic carbocycles. The molecule has 0 saturated carbocycles. The van der Waals surface area contributed by atoms with Gasteiger partial charge in [0.1, 0.15) is 0 Å². The van der Waals surface area contributed by atoms with Crippen LogP contribution in [-0.2, 0) is 0 Å². The number of aryl methyl sites for hydroxylation is 3. The summed E-state index contributed by atoms with van der Waals surface area (Å²) < 4.78 is 2.18. The summed E-state index contributed by atoms with van der Waals surface area (Å²) in [7, 11) is 2.72. The number of rotatable bonds is 5. The lowest BCUT2D eigenvalue weighted by Crippen LogP contribution is -2.24. The molecule has 2 aromatic carbocycles. The molecule has 5 heteroatoms. The molecule has 0 saturated heterocycles. The van der Waals surface area contributed by atoms with Crippen molar-refractivity contribution in [2.24, 2.45) is 4.99 Å². The second kappa shape index (κ2) is 8.61. The van der Waals surface area contributed by atoms with Crippen molar-refractivity contribution in [2.75, 3.05) is 12.4 Å². The monoisotopic (exact) mass is 419 g/mol. The Labute approximate surface area is 179 Å². The summed E-state index contributed by atoms with van der Waals surface area (Å²) in [6, 6.07) is 15.2. The first-order valence-corrected chi connectivity index (χ1v) is 11.6. The molecule has 0 fully saturated rings. The first-order valence-electron chi connectivity index (χ1n) is 9.76. The maximum absolute atomic E-state index is 5.05. The van der Waals surface area contributed by atoms with Gasteiger partial charge in [-0.05, 0) is 62.6 Å². The Morgan fingerprint density at radius 1 is 1.00 bits per heavy atom. The van der Waals surface area contributed by atoms with Gasteiger partial charge in [-0.2, -0.15) is 0 Å². The van der Waals surface area contributed by atoms with Crippen molar-refractivity contribution in [3.63, 3.8) is 0 Å². The van der Waals surface area contributed by atoms with Gasteiger partial charge in [0.05, 0.1) is 11.1 Å². The van der Waals surface area contributed by atoms with Crippen molar-refractivity contribution in [1.82, 2.24) is 4.31 Å². The van der Waals surface area contributed by atoms with E-state index in [2.05, 4.69) is 104 Å². The third-order valence-electron chi connectivity index (χ3n) is 4.96. The van der Waals surface area contributed by atoms with Crippen molar-refractivity contribution in [3.05, 3.63) is 94.7 Å². The second-order valence-corrected chi connectivity index (χ2v) is 10.1. The van der Waals surface area contributed by atoms with Crippen LogP contribution in [0.1, 0.15) is 16.7 Å². The Balaban J connectivity index is 1.67. The maximum Gasteiger partial charge on any atom is 0.162 e. The molecule has 0 spiro atoms. The highest BCUT2D eigenvalue weighted by Crippen LogP contribution is 2.42. The van der Waals surface area contributed by atoms with Crippen molar-refractivity contribution in [1.29, 1.82) is 0 Å². The van der Waals surface area contributed by atoms with E-state index >= 15 is 0 Å². The number of anilines is 1. The Kier molecular flexibility index (Phi) is 5.94. The van der Waals surface area contributed by atoms with E-state index in [0.29, 0.717) is 14.2 Å². The molecule has 148 valence electrons. The average Bonchev–Trinajstić information content (AvgIpc) is 2.71. The van der Waals surface area contributed by atoms with Crippen LogP contribution in [0.15, 0.2) is 87.9 Å². The molecule has 2 unspecified atom stereocenters. The Morgan fingerprint density at radius 3 is 2.52 bits per heavy atom. The number of hydrogen-bond donors (Lipinski definition) is 1. The summed E-state index contributed by atoms with van der Waals surface area (Å²) in [5, 5.41) is 3.71. The highest BCUT2D eigenvalue weighted by atomic mass is 32.2. The number of hydrogen-bond acceptors (Lipinski definition) is 4. The fraction of sp³-hybridized carbons (Fsp3) is 0.208. The average molecular weight is 420 g/mol. The van der Waals surface area contributed by atoms with Gasteiger partial charge < -0.3 is 5.32 Å². The third-order valence-corrected chi connectivity index (χ3v) is 7.33. The topological polar surface area (TPSA) is 27.6 Å². The van der Waals surface area contributed by atoms with E-state index in [4.69, 9.17) is 4.99 Å². The highest BCUT2D eigenvalue weighted by molar-refractivity contribution is 7.97. The van der Waals surface area contributed by atoms with Crippen LogP contribution in [0.2, 0.25) is 0 Å². The van der Waals surface area contributed by atoms with E-state index in [1.54, 1.807) is 11.9 Å². The normalized spacial score (nSPS) is 18.6. The Hall–Kier alpha value is -2.29. The number of benzene rings is 2. The minimum atomic E-state index is 0.356. The van der Waals surface area contributed by atoms with Gasteiger partial charge in [-0.1, -0.05) is 62.2 Å². The molecule has 0 bridgehead atoms. The van der Waals surface area contributed by atoms with Crippen LogP contribution in [0.4, 0.5) is 5.69 Å². The summed E-state index contributed by atoms with van der Waals surface area (Å²) in [4.78, 5) is 6.26. The van der Waals surface area contributed by atoms with Crippen molar-refractivity contribution >= 4 is 31.9 Å². The predicted molar refractivity (Wildman–Crippen MR) is 129 cm³/mol. The Bertz CT molecular complexity index is 1030. The van der Waals surface area contributed by atoms with Crippen LogP contribution >= 0.6 is 20.5 Å². The highest BCUT2D eigenvalue weighted by Gasteiger charge is 2.26. The van der Waals surface area contributed by atoms with E-state index in [9.17, 15) is 0 Å². The summed E-state index contributed by atoms with van der Waals surface area (Å²) in [6.07, 6.45) is 8.59. The minimum absolute atomic E-state index is 0.356. The van der Waals surface area contributed by atoms with E-state index < -0.39 is 0 Å². The summed E-state index contributed by atoms with van der Waals surface area (Å²) in [5.74, 6) is 1.00. The molecular formula is C24H26N3PS. The standard InChI is InChI=1S/C24H26N3PS/c1-16-9-12-19(13-10-16)29-27(4)23-24(26-20-14-11-17(2)15-18(20)3)28-22-8-6-5-7-21(22)25-23/h5-15,22,26,28H,1-4H3. The molecule has 2 atom stereocenters. The van der Waals surface area contributed by atoms with Gasteiger partial charge in [-0.25, -0.2) is 4.99 Å². The molecule has 0 aromatic heterocycles. The molecule has 1 heterocycles. The zero-order valence-corrected chi connectivity index (χ0v) is 19.0. The van der Waals surface area contributed by atoms with Crippen LogP contribution in [0.3, 0.4) is 0 Å². The predicted octanol–water partition coefficient (Wildman–Crippen LogP) is 6.42. The van der Waals surface area contributed by atoms with Crippen LogP contribution in [0.5, 0.6) is 0 Å². The van der Waals surface area contributed by atoms with E-state index in [-0.39, 0.29) is 0 Å². The van der Waals surface area contributed by atoms with E-state index in [1.165, 1.54) is 27.0 Å². The zero-order valence-electron chi connectivity index (χ0n) is 17.2. The molecule has 1 N–H and O–H groups in total. The van der Waals surface area contributed by atoms with Gasteiger partial charge in [0.15, 0.2) is 5.82 Å².